The summed E-state index contributed by atoms with van der Waals surface area (Å²) < 4.78 is 18.1. The highest BCUT2D eigenvalue weighted by atomic mass is 32.2. The van der Waals surface area contributed by atoms with Gasteiger partial charge in [0, 0.05) is 27.6 Å². The van der Waals surface area contributed by atoms with Crippen LogP contribution in [0.5, 0.6) is 23.0 Å². The van der Waals surface area contributed by atoms with Crippen LogP contribution in [0.1, 0.15) is 33.1 Å². The van der Waals surface area contributed by atoms with Crippen LogP contribution in [0.2, 0.25) is 0 Å². The number of methoxy groups -OCH3 is 1. The van der Waals surface area contributed by atoms with E-state index in [0.29, 0.717) is 11.9 Å². The molecule has 1 heterocycles. The van der Waals surface area contributed by atoms with E-state index in [1.807, 2.05) is 48.2 Å². The van der Waals surface area contributed by atoms with Crippen molar-refractivity contribution in [1.29, 1.82) is 0 Å². The van der Waals surface area contributed by atoms with Gasteiger partial charge in [-0.15, -0.1) is 11.8 Å². The second-order valence-corrected chi connectivity index (χ2v) is 11.7. The molecule has 0 N–H and O–H groups in total. The second-order valence-electron chi connectivity index (χ2n) is 10.0. The Hall–Kier alpha value is -3.15. The molecule has 4 aromatic carbocycles. The zero-order valence-electron chi connectivity index (χ0n) is 22.6. The van der Waals surface area contributed by atoms with Gasteiger partial charge in [0.05, 0.1) is 7.11 Å². The van der Waals surface area contributed by atoms with E-state index in [9.17, 15) is 0 Å². The topological polar surface area (TPSA) is 30.9 Å². The normalized spacial score (nSPS) is 14.1. The minimum atomic E-state index is 0.548. The molecule has 198 valence electrons. The van der Waals surface area contributed by atoms with Crippen LogP contribution >= 0.6 is 11.8 Å². The number of rotatable bonds is 10. The third-order valence-corrected chi connectivity index (χ3v) is 7.90. The Morgan fingerprint density at radius 1 is 0.789 bits per heavy atom. The molecule has 38 heavy (non-hydrogen) atoms. The van der Waals surface area contributed by atoms with Crippen LogP contribution in [-0.4, -0.2) is 43.5 Å². The Kier molecular flexibility index (Phi) is 8.77. The zero-order chi connectivity index (χ0) is 26.3. The van der Waals surface area contributed by atoms with E-state index in [1.165, 1.54) is 37.2 Å². The molecule has 0 unspecified atom stereocenters. The molecular weight excluding hydrogens is 490 g/mol. The quantitative estimate of drug-likeness (QED) is 0.193. The van der Waals surface area contributed by atoms with Crippen LogP contribution in [0.3, 0.4) is 0 Å². The van der Waals surface area contributed by atoms with Gasteiger partial charge in [-0.25, -0.2) is 0 Å². The number of benzene rings is 4. The molecule has 4 nitrogen and oxygen atoms in total. The van der Waals surface area contributed by atoms with Crippen LogP contribution < -0.4 is 14.2 Å². The minimum Gasteiger partial charge on any atom is -0.497 e. The molecule has 5 heteroatoms. The lowest BCUT2D eigenvalue weighted by atomic mass is 9.99. The molecule has 1 aliphatic heterocycles. The summed E-state index contributed by atoms with van der Waals surface area (Å²) >= 11 is 1.87. The van der Waals surface area contributed by atoms with Crippen molar-refractivity contribution in [3.63, 3.8) is 0 Å². The van der Waals surface area contributed by atoms with E-state index in [1.54, 1.807) is 7.11 Å². The maximum Gasteiger partial charge on any atom is 0.143 e. The summed E-state index contributed by atoms with van der Waals surface area (Å²) in [5, 5.41) is 2.67. The lowest BCUT2D eigenvalue weighted by Gasteiger charge is -2.26. The lowest BCUT2D eigenvalue weighted by Crippen LogP contribution is -2.33. The standard InChI is InChI=1S/C33H37NO3S/c1-24(2)38-30-15-7-25(8-16-30)31-17-9-26-23-29(35-3)14-18-32(26)33(31)37-28-12-10-27(11-13-28)36-22-21-34-19-5-4-6-20-34/h7-18,23-24H,4-6,19-22H2,1-3H3. The van der Waals surface area contributed by atoms with Gasteiger partial charge in [-0.2, -0.15) is 0 Å². The molecule has 0 radical (unpaired) electrons. The van der Waals surface area contributed by atoms with E-state index in [4.69, 9.17) is 14.2 Å². The van der Waals surface area contributed by atoms with Crippen molar-refractivity contribution in [3.8, 4) is 34.1 Å². The molecule has 0 aliphatic carbocycles. The molecule has 0 saturated carbocycles. The fourth-order valence-corrected chi connectivity index (χ4v) is 5.76. The molecule has 0 bridgehead atoms. The van der Waals surface area contributed by atoms with Gasteiger partial charge >= 0.3 is 0 Å². The highest BCUT2D eigenvalue weighted by molar-refractivity contribution is 7.99. The Morgan fingerprint density at radius 3 is 2.21 bits per heavy atom. The van der Waals surface area contributed by atoms with Crippen LogP contribution in [0.25, 0.3) is 21.9 Å². The van der Waals surface area contributed by atoms with Gasteiger partial charge < -0.3 is 14.2 Å². The maximum absolute atomic E-state index is 6.59. The first-order valence-electron chi connectivity index (χ1n) is 13.6. The first kappa shape index (κ1) is 26.5. The number of hydrogen-bond acceptors (Lipinski definition) is 5. The van der Waals surface area contributed by atoms with E-state index in [-0.39, 0.29) is 0 Å². The number of ether oxygens (including phenoxy) is 3. The van der Waals surface area contributed by atoms with Crippen LogP contribution in [0.4, 0.5) is 0 Å². The molecule has 1 fully saturated rings. The molecule has 0 spiro atoms. The predicted molar refractivity (Wildman–Crippen MR) is 159 cm³/mol. The van der Waals surface area contributed by atoms with E-state index in [2.05, 4.69) is 61.2 Å². The Bertz CT molecular complexity index is 1330. The summed E-state index contributed by atoms with van der Waals surface area (Å²) in [4.78, 5) is 3.76. The number of piperidine rings is 1. The van der Waals surface area contributed by atoms with Gasteiger partial charge in [-0.05, 0) is 97.5 Å². The van der Waals surface area contributed by atoms with Crippen molar-refractivity contribution in [2.24, 2.45) is 0 Å². The van der Waals surface area contributed by atoms with Gasteiger partial charge in [0.15, 0.2) is 0 Å². The molecule has 5 rings (SSSR count). The minimum absolute atomic E-state index is 0.548. The molecule has 0 amide bonds. The Morgan fingerprint density at radius 2 is 1.50 bits per heavy atom. The Balaban J connectivity index is 1.37. The van der Waals surface area contributed by atoms with Gasteiger partial charge in [0.1, 0.15) is 29.6 Å². The third-order valence-electron chi connectivity index (χ3n) is 6.88. The van der Waals surface area contributed by atoms with Gasteiger partial charge in [0.25, 0.3) is 0 Å². The van der Waals surface area contributed by atoms with Crippen molar-refractivity contribution in [2.45, 2.75) is 43.3 Å². The first-order valence-corrected chi connectivity index (χ1v) is 14.5. The van der Waals surface area contributed by atoms with Crippen LogP contribution in [-0.2, 0) is 0 Å². The monoisotopic (exact) mass is 527 g/mol. The number of thioether (sulfide) groups is 1. The summed E-state index contributed by atoms with van der Waals surface area (Å²) in [7, 11) is 1.69. The fraction of sp³-hybridized carbons (Fsp3) is 0.333. The summed E-state index contributed by atoms with van der Waals surface area (Å²) in [6.07, 6.45) is 3.96. The molecule has 4 aromatic rings. The highest BCUT2D eigenvalue weighted by Crippen LogP contribution is 2.41. The maximum atomic E-state index is 6.59. The van der Waals surface area contributed by atoms with Gasteiger partial charge in [-0.3, -0.25) is 4.90 Å². The smallest absolute Gasteiger partial charge is 0.143 e. The zero-order valence-corrected chi connectivity index (χ0v) is 23.4. The van der Waals surface area contributed by atoms with Crippen LogP contribution in [0.15, 0.2) is 83.8 Å². The SMILES string of the molecule is COc1ccc2c(Oc3ccc(OCCN4CCCCC4)cc3)c(-c3ccc(SC(C)C)cc3)ccc2c1. The Labute approximate surface area is 230 Å². The molecular formula is C33H37NO3S. The van der Waals surface area contributed by atoms with E-state index >= 15 is 0 Å². The lowest BCUT2D eigenvalue weighted by molar-refractivity contribution is 0.183. The molecule has 1 saturated heterocycles. The second kappa shape index (κ2) is 12.6. The molecule has 0 aromatic heterocycles. The average molecular weight is 528 g/mol. The molecule has 0 atom stereocenters. The van der Waals surface area contributed by atoms with Gasteiger partial charge in [-0.1, -0.05) is 38.5 Å². The van der Waals surface area contributed by atoms with Crippen molar-refractivity contribution in [2.75, 3.05) is 33.4 Å². The summed E-state index contributed by atoms with van der Waals surface area (Å²) in [5.41, 5.74) is 2.19. The molecule has 1 aliphatic rings. The van der Waals surface area contributed by atoms with Gasteiger partial charge in [0.2, 0.25) is 0 Å². The van der Waals surface area contributed by atoms with Crippen molar-refractivity contribution in [1.82, 2.24) is 4.90 Å². The summed E-state index contributed by atoms with van der Waals surface area (Å²) in [5.74, 6) is 3.32. The summed E-state index contributed by atoms with van der Waals surface area (Å²) in [6, 6.07) is 27.1. The van der Waals surface area contributed by atoms with Crippen LogP contribution in [0, 0.1) is 0 Å². The van der Waals surface area contributed by atoms with E-state index < -0.39 is 0 Å². The van der Waals surface area contributed by atoms with Crippen molar-refractivity contribution < 1.29 is 14.2 Å². The summed E-state index contributed by atoms with van der Waals surface area (Å²) in [6.45, 7) is 8.50. The highest BCUT2D eigenvalue weighted by Gasteiger charge is 2.14. The number of nitrogens with zero attached hydrogens (tertiary/aromatic N) is 1. The number of hydrogen-bond donors (Lipinski definition) is 0. The number of fused-ring (bicyclic) bond motifs is 1. The van der Waals surface area contributed by atoms with Crippen molar-refractivity contribution in [3.05, 3.63) is 78.9 Å². The van der Waals surface area contributed by atoms with E-state index in [0.717, 1.165) is 51.4 Å². The fourth-order valence-electron chi connectivity index (χ4n) is 4.93. The third kappa shape index (κ3) is 6.64. The average Bonchev–Trinajstić information content (AvgIpc) is 2.94. The predicted octanol–water partition coefficient (Wildman–Crippen LogP) is 8.67. The number of likely N-dealkylation sites (tertiary alicyclic amines) is 1. The van der Waals surface area contributed by atoms with Crippen molar-refractivity contribution >= 4 is 22.5 Å². The first-order chi connectivity index (χ1) is 18.6. The largest absolute Gasteiger partial charge is 0.497 e.